The molecule has 0 aliphatic rings. The number of para-hydroxylation sites is 1. The van der Waals surface area contributed by atoms with Crippen molar-refractivity contribution in [3.63, 3.8) is 0 Å². The van der Waals surface area contributed by atoms with E-state index in [1.165, 1.54) is 0 Å². The van der Waals surface area contributed by atoms with Crippen molar-refractivity contribution in [3.8, 4) is 11.5 Å². The Hall–Kier alpha value is -3.41. The van der Waals surface area contributed by atoms with Gasteiger partial charge in [-0.3, -0.25) is 4.79 Å². The number of nitrogens with one attached hydrogen (secondary N) is 2. The fraction of sp³-hybridized carbons (Fsp3) is 0.190. The lowest BCUT2D eigenvalue weighted by Gasteiger charge is -2.11. The standard InChI is InChI=1S/C21H22N4O2/c1-14(2)22-21-23-15(3)13-19(25-21)20(26)24-16-9-11-18(12-10-16)27-17-7-5-4-6-8-17/h4-14H,1-3H3,(H,24,26)(H,22,23,25). The molecule has 138 valence electrons. The van der Waals surface area contributed by atoms with E-state index in [0.717, 1.165) is 11.4 Å². The normalized spacial score (nSPS) is 10.5. The first-order chi connectivity index (χ1) is 13.0. The van der Waals surface area contributed by atoms with E-state index in [-0.39, 0.29) is 11.9 Å². The van der Waals surface area contributed by atoms with E-state index in [2.05, 4.69) is 20.6 Å². The maximum Gasteiger partial charge on any atom is 0.274 e. The lowest BCUT2D eigenvalue weighted by molar-refractivity contribution is 0.102. The molecule has 6 heteroatoms. The van der Waals surface area contributed by atoms with Gasteiger partial charge in [0.05, 0.1) is 0 Å². The number of nitrogens with zero attached hydrogens (tertiary/aromatic N) is 2. The highest BCUT2D eigenvalue weighted by molar-refractivity contribution is 6.03. The molecule has 6 nitrogen and oxygen atoms in total. The predicted octanol–water partition coefficient (Wildman–Crippen LogP) is 4.65. The summed E-state index contributed by atoms with van der Waals surface area (Å²) in [5, 5.41) is 5.96. The van der Waals surface area contributed by atoms with Gasteiger partial charge in [0.2, 0.25) is 5.95 Å². The molecule has 0 spiro atoms. The highest BCUT2D eigenvalue weighted by Gasteiger charge is 2.11. The summed E-state index contributed by atoms with van der Waals surface area (Å²) in [6.45, 7) is 5.81. The number of hydrogen-bond donors (Lipinski definition) is 2. The Labute approximate surface area is 158 Å². The summed E-state index contributed by atoms with van der Waals surface area (Å²) in [4.78, 5) is 21.1. The number of ether oxygens (including phenoxy) is 1. The molecule has 0 radical (unpaired) electrons. The van der Waals surface area contributed by atoms with Crippen molar-refractivity contribution in [3.05, 3.63) is 72.1 Å². The number of benzene rings is 2. The summed E-state index contributed by atoms with van der Waals surface area (Å²) in [6.07, 6.45) is 0. The number of carbonyl (C=O) groups is 1. The monoisotopic (exact) mass is 362 g/mol. The van der Waals surface area contributed by atoms with Crippen LogP contribution in [0.3, 0.4) is 0 Å². The Bertz CT molecular complexity index is 909. The molecule has 0 saturated heterocycles. The number of aromatic nitrogens is 2. The number of amides is 1. The smallest absolute Gasteiger partial charge is 0.274 e. The van der Waals surface area contributed by atoms with Crippen LogP contribution in [0.4, 0.5) is 11.6 Å². The fourth-order valence-electron chi connectivity index (χ4n) is 2.43. The SMILES string of the molecule is Cc1cc(C(=O)Nc2ccc(Oc3ccccc3)cc2)nc(NC(C)C)n1. The maximum atomic E-state index is 12.5. The van der Waals surface area contributed by atoms with Gasteiger partial charge in [0, 0.05) is 17.4 Å². The highest BCUT2D eigenvalue weighted by Crippen LogP contribution is 2.22. The van der Waals surface area contributed by atoms with E-state index >= 15 is 0 Å². The van der Waals surface area contributed by atoms with Gasteiger partial charge in [-0.15, -0.1) is 0 Å². The molecule has 1 aromatic heterocycles. The summed E-state index contributed by atoms with van der Waals surface area (Å²) >= 11 is 0. The van der Waals surface area contributed by atoms with Crippen LogP contribution in [0.5, 0.6) is 11.5 Å². The van der Waals surface area contributed by atoms with Crippen molar-refractivity contribution in [2.24, 2.45) is 0 Å². The van der Waals surface area contributed by atoms with Crippen LogP contribution in [0.2, 0.25) is 0 Å². The van der Waals surface area contributed by atoms with Crippen LogP contribution in [0.25, 0.3) is 0 Å². The summed E-state index contributed by atoms with van der Waals surface area (Å²) in [5.74, 6) is 1.61. The van der Waals surface area contributed by atoms with Gasteiger partial charge in [0.25, 0.3) is 5.91 Å². The van der Waals surface area contributed by atoms with Crippen LogP contribution in [0.15, 0.2) is 60.7 Å². The van der Waals surface area contributed by atoms with Gasteiger partial charge in [-0.25, -0.2) is 9.97 Å². The topological polar surface area (TPSA) is 76.1 Å². The summed E-state index contributed by atoms with van der Waals surface area (Å²) in [5.41, 5.74) is 1.70. The summed E-state index contributed by atoms with van der Waals surface area (Å²) in [7, 11) is 0. The Morgan fingerprint density at radius 3 is 2.30 bits per heavy atom. The van der Waals surface area contributed by atoms with Gasteiger partial charge in [-0.05, 0) is 63.2 Å². The van der Waals surface area contributed by atoms with Crippen molar-refractivity contribution in [1.82, 2.24) is 9.97 Å². The first kappa shape index (κ1) is 18.4. The molecule has 27 heavy (non-hydrogen) atoms. The molecular formula is C21H22N4O2. The Morgan fingerprint density at radius 1 is 0.963 bits per heavy atom. The Kier molecular flexibility index (Phi) is 5.66. The minimum atomic E-state index is -0.288. The number of anilines is 2. The van der Waals surface area contributed by atoms with Gasteiger partial charge in [-0.2, -0.15) is 0 Å². The first-order valence-electron chi connectivity index (χ1n) is 8.76. The third-order valence-corrected chi connectivity index (χ3v) is 3.60. The molecule has 0 fully saturated rings. The molecule has 0 atom stereocenters. The quantitative estimate of drug-likeness (QED) is 0.667. The Balaban J connectivity index is 1.68. The van der Waals surface area contributed by atoms with Crippen LogP contribution in [0, 0.1) is 6.92 Å². The fourth-order valence-corrected chi connectivity index (χ4v) is 2.43. The molecule has 2 aromatic carbocycles. The van der Waals surface area contributed by atoms with Crippen molar-refractivity contribution < 1.29 is 9.53 Å². The van der Waals surface area contributed by atoms with Crippen molar-refractivity contribution in [2.45, 2.75) is 26.8 Å². The molecule has 0 aliphatic heterocycles. The Morgan fingerprint density at radius 2 is 1.63 bits per heavy atom. The van der Waals surface area contributed by atoms with Gasteiger partial charge < -0.3 is 15.4 Å². The van der Waals surface area contributed by atoms with Crippen LogP contribution in [-0.2, 0) is 0 Å². The van der Waals surface area contributed by atoms with E-state index in [1.807, 2.05) is 51.1 Å². The third kappa shape index (κ3) is 5.28. The minimum Gasteiger partial charge on any atom is -0.457 e. The zero-order valence-corrected chi connectivity index (χ0v) is 15.6. The molecule has 1 heterocycles. The molecule has 0 saturated carbocycles. The number of hydrogen-bond acceptors (Lipinski definition) is 5. The van der Waals surface area contributed by atoms with E-state index in [1.54, 1.807) is 30.3 Å². The molecule has 3 aromatic rings. The van der Waals surface area contributed by atoms with E-state index in [4.69, 9.17) is 4.74 Å². The molecule has 0 unspecified atom stereocenters. The first-order valence-corrected chi connectivity index (χ1v) is 8.76. The second kappa shape index (κ2) is 8.31. The van der Waals surface area contributed by atoms with E-state index in [0.29, 0.717) is 23.1 Å². The van der Waals surface area contributed by atoms with E-state index in [9.17, 15) is 4.79 Å². The van der Waals surface area contributed by atoms with Gasteiger partial charge in [0.1, 0.15) is 17.2 Å². The van der Waals surface area contributed by atoms with Gasteiger partial charge in [-0.1, -0.05) is 18.2 Å². The molecule has 1 amide bonds. The number of aryl methyl sites for hydroxylation is 1. The molecular weight excluding hydrogens is 340 g/mol. The second-order valence-electron chi connectivity index (χ2n) is 6.41. The van der Waals surface area contributed by atoms with Crippen molar-refractivity contribution in [1.29, 1.82) is 0 Å². The summed E-state index contributed by atoms with van der Waals surface area (Å²) in [6, 6.07) is 18.6. The average molecular weight is 362 g/mol. The minimum absolute atomic E-state index is 0.180. The summed E-state index contributed by atoms with van der Waals surface area (Å²) < 4.78 is 5.75. The lowest BCUT2D eigenvalue weighted by Crippen LogP contribution is -2.18. The third-order valence-electron chi connectivity index (χ3n) is 3.60. The number of carbonyl (C=O) groups excluding carboxylic acids is 1. The van der Waals surface area contributed by atoms with Crippen molar-refractivity contribution in [2.75, 3.05) is 10.6 Å². The van der Waals surface area contributed by atoms with Crippen LogP contribution >= 0.6 is 0 Å². The van der Waals surface area contributed by atoms with Gasteiger partial charge >= 0.3 is 0 Å². The number of rotatable bonds is 6. The zero-order valence-electron chi connectivity index (χ0n) is 15.6. The molecule has 0 aliphatic carbocycles. The van der Waals surface area contributed by atoms with E-state index < -0.39 is 0 Å². The van der Waals surface area contributed by atoms with Crippen LogP contribution in [0.1, 0.15) is 30.0 Å². The highest BCUT2D eigenvalue weighted by atomic mass is 16.5. The lowest BCUT2D eigenvalue weighted by atomic mass is 10.2. The van der Waals surface area contributed by atoms with Gasteiger partial charge in [0.15, 0.2) is 0 Å². The van der Waals surface area contributed by atoms with Crippen molar-refractivity contribution >= 4 is 17.5 Å². The van der Waals surface area contributed by atoms with Crippen LogP contribution in [-0.4, -0.2) is 21.9 Å². The molecule has 3 rings (SSSR count). The van der Waals surface area contributed by atoms with Crippen LogP contribution < -0.4 is 15.4 Å². The largest absolute Gasteiger partial charge is 0.457 e. The predicted molar refractivity (Wildman–Crippen MR) is 106 cm³/mol. The molecule has 2 N–H and O–H groups in total. The maximum absolute atomic E-state index is 12.5. The second-order valence-corrected chi connectivity index (χ2v) is 6.41. The zero-order chi connectivity index (χ0) is 19.2. The average Bonchev–Trinajstić information content (AvgIpc) is 2.63. The molecule has 0 bridgehead atoms.